The van der Waals surface area contributed by atoms with Crippen molar-refractivity contribution in [3.8, 4) is 16.9 Å². The third-order valence-electron chi connectivity index (χ3n) is 8.72. The van der Waals surface area contributed by atoms with Crippen LogP contribution in [0.1, 0.15) is 94.0 Å². The topological polar surface area (TPSA) is 87.0 Å². The Kier molecular flexibility index (Phi) is 10.6. The number of carboxylic acid groups (broad SMARTS) is 1. The van der Waals surface area contributed by atoms with Crippen molar-refractivity contribution >= 4 is 5.97 Å². The minimum absolute atomic E-state index is 0.0654. The zero-order valence-corrected chi connectivity index (χ0v) is 25.0. The van der Waals surface area contributed by atoms with E-state index in [1.807, 2.05) is 39.0 Å². The zero-order chi connectivity index (χ0) is 29.5. The van der Waals surface area contributed by atoms with Gasteiger partial charge in [-0.05, 0) is 97.0 Å². The van der Waals surface area contributed by atoms with Crippen LogP contribution in [0.2, 0.25) is 0 Å². The van der Waals surface area contributed by atoms with Crippen molar-refractivity contribution in [2.24, 2.45) is 0 Å². The number of aryl methyl sites for hydroxylation is 2. The average molecular weight is 547 g/mol. The van der Waals surface area contributed by atoms with Gasteiger partial charge >= 0.3 is 5.97 Å². The normalized spacial score (nSPS) is 12.8. The Morgan fingerprint density at radius 1 is 0.825 bits per heavy atom. The van der Waals surface area contributed by atoms with Crippen molar-refractivity contribution in [2.45, 2.75) is 97.2 Å². The van der Waals surface area contributed by atoms with Crippen LogP contribution in [0.4, 0.5) is 0 Å². The smallest absolute Gasteiger partial charge is 0.303 e. The van der Waals surface area contributed by atoms with E-state index in [0.29, 0.717) is 18.6 Å². The van der Waals surface area contributed by atoms with Crippen LogP contribution in [0.5, 0.6) is 5.75 Å². The Bertz CT molecular complexity index is 1290. The maximum Gasteiger partial charge on any atom is 0.303 e. The number of hydrogen-bond acceptors (Lipinski definition) is 4. The van der Waals surface area contributed by atoms with Crippen molar-refractivity contribution in [2.75, 3.05) is 6.61 Å². The summed E-state index contributed by atoms with van der Waals surface area (Å²) < 4.78 is 5.84. The summed E-state index contributed by atoms with van der Waals surface area (Å²) in [6, 6.07) is 21.3. The third-order valence-corrected chi connectivity index (χ3v) is 8.72. The molecule has 0 aliphatic rings. The van der Waals surface area contributed by atoms with Gasteiger partial charge < -0.3 is 20.1 Å². The summed E-state index contributed by atoms with van der Waals surface area (Å²) in [7, 11) is 0. The molecule has 0 spiro atoms. The first-order chi connectivity index (χ1) is 19.0. The number of aliphatic carboxylic acids is 1. The van der Waals surface area contributed by atoms with Crippen molar-refractivity contribution in [3.05, 3.63) is 88.5 Å². The average Bonchev–Trinajstić information content (AvgIpc) is 2.96. The number of benzene rings is 3. The summed E-state index contributed by atoms with van der Waals surface area (Å²) in [5.41, 5.74) is 6.94. The molecule has 1 unspecified atom stereocenters. The molecule has 0 saturated carbocycles. The molecule has 0 heterocycles. The van der Waals surface area contributed by atoms with Crippen LogP contribution in [-0.2, 0) is 15.8 Å². The Balaban J connectivity index is 1.91. The van der Waals surface area contributed by atoms with Crippen LogP contribution < -0.4 is 4.74 Å². The fraction of sp³-hybridized carbons (Fsp3) is 0.457. The highest BCUT2D eigenvalue weighted by molar-refractivity contribution is 5.69. The van der Waals surface area contributed by atoms with Gasteiger partial charge in [0.15, 0.2) is 0 Å². The second-order valence-corrected chi connectivity index (χ2v) is 11.0. The van der Waals surface area contributed by atoms with E-state index in [4.69, 9.17) is 9.84 Å². The number of aliphatic hydroxyl groups excluding tert-OH is 1. The van der Waals surface area contributed by atoms with Gasteiger partial charge in [0, 0.05) is 11.8 Å². The first-order valence-corrected chi connectivity index (χ1v) is 14.6. The monoisotopic (exact) mass is 546 g/mol. The summed E-state index contributed by atoms with van der Waals surface area (Å²) in [4.78, 5) is 10.8. The standard InChI is InChI=1S/C35H46O5/c1-7-34(8-2,28-15-18-32(25(6)21-28)40-23-30(36)16-19-33(37)38)27-14-17-31(24(5)20-27)26-12-11-13-29(22-26)35(39,9-3)10-4/h11-15,17-18,20-22,30,36,39H,7-10,16,19,23H2,1-6H3,(H,37,38). The SMILES string of the molecule is CCC(O)(CC)c1cccc(-c2ccc(C(CC)(CC)c3ccc(OCC(O)CCC(=O)O)c(C)c3)cc2C)c1. The Morgan fingerprint density at radius 3 is 2.00 bits per heavy atom. The molecule has 3 aromatic carbocycles. The Labute approximate surface area is 239 Å². The van der Waals surface area contributed by atoms with Crippen LogP contribution in [-0.4, -0.2) is 34.0 Å². The molecule has 1 atom stereocenters. The fourth-order valence-corrected chi connectivity index (χ4v) is 5.82. The minimum Gasteiger partial charge on any atom is -0.491 e. The molecule has 40 heavy (non-hydrogen) atoms. The molecule has 0 radical (unpaired) electrons. The van der Waals surface area contributed by atoms with Gasteiger partial charge in [-0.15, -0.1) is 0 Å². The number of ether oxygens (including phenoxy) is 1. The molecule has 5 nitrogen and oxygen atoms in total. The molecular weight excluding hydrogens is 500 g/mol. The quantitative estimate of drug-likeness (QED) is 0.193. The van der Waals surface area contributed by atoms with Crippen molar-refractivity contribution in [3.63, 3.8) is 0 Å². The van der Waals surface area contributed by atoms with E-state index in [9.17, 15) is 15.0 Å². The number of hydrogen-bond donors (Lipinski definition) is 3. The summed E-state index contributed by atoms with van der Waals surface area (Å²) in [5.74, 6) is -0.225. The number of carboxylic acids is 1. The van der Waals surface area contributed by atoms with Crippen molar-refractivity contribution in [1.29, 1.82) is 0 Å². The van der Waals surface area contributed by atoms with Gasteiger partial charge in [0.05, 0.1) is 11.7 Å². The fourth-order valence-electron chi connectivity index (χ4n) is 5.82. The van der Waals surface area contributed by atoms with Crippen LogP contribution in [0, 0.1) is 13.8 Å². The lowest BCUT2D eigenvalue weighted by Gasteiger charge is -2.34. The van der Waals surface area contributed by atoms with Crippen LogP contribution in [0.25, 0.3) is 11.1 Å². The van der Waals surface area contributed by atoms with E-state index < -0.39 is 17.7 Å². The molecule has 0 amide bonds. The van der Waals surface area contributed by atoms with Gasteiger partial charge in [-0.3, -0.25) is 4.79 Å². The molecular formula is C35H46O5. The summed E-state index contributed by atoms with van der Waals surface area (Å²) in [6.45, 7) is 12.7. The molecule has 3 rings (SSSR count). The first-order valence-electron chi connectivity index (χ1n) is 14.6. The zero-order valence-electron chi connectivity index (χ0n) is 25.0. The highest BCUT2D eigenvalue weighted by Crippen LogP contribution is 2.42. The van der Waals surface area contributed by atoms with Gasteiger partial charge in [-0.1, -0.05) is 76.2 Å². The highest BCUT2D eigenvalue weighted by Gasteiger charge is 2.32. The van der Waals surface area contributed by atoms with Crippen LogP contribution in [0.3, 0.4) is 0 Å². The maximum atomic E-state index is 11.1. The van der Waals surface area contributed by atoms with E-state index in [1.54, 1.807) is 0 Å². The highest BCUT2D eigenvalue weighted by atomic mass is 16.5. The molecule has 3 N–H and O–H groups in total. The molecule has 3 aromatic rings. The van der Waals surface area contributed by atoms with E-state index >= 15 is 0 Å². The molecule has 216 valence electrons. The van der Waals surface area contributed by atoms with Gasteiger partial charge in [0.2, 0.25) is 0 Å². The van der Waals surface area contributed by atoms with Crippen LogP contribution in [0.15, 0.2) is 60.7 Å². The molecule has 0 aliphatic heterocycles. The summed E-state index contributed by atoms with van der Waals surface area (Å²) >= 11 is 0. The van der Waals surface area contributed by atoms with Gasteiger partial charge in [-0.25, -0.2) is 0 Å². The second kappa shape index (κ2) is 13.5. The molecule has 0 bridgehead atoms. The summed E-state index contributed by atoms with van der Waals surface area (Å²) in [5, 5.41) is 30.0. The van der Waals surface area contributed by atoms with E-state index in [2.05, 4.69) is 63.2 Å². The second-order valence-electron chi connectivity index (χ2n) is 11.0. The van der Waals surface area contributed by atoms with Crippen LogP contribution >= 0.6 is 0 Å². The predicted molar refractivity (Wildman–Crippen MR) is 162 cm³/mol. The Morgan fingerprint density at radius 2 is 1.45 bits per heavy atom. The largest absolute Gasteiger partial charge is 0.491 e. The molecule has 0 saturated heterocycles. The predicted octanol–water partition coefficient (Wildman–Crippen LogP) is 7.69. The number of rotatable bonds is 14. The molecule has 5 heteroatoms. The van der Waals surface area contributed by atoms with E-state index in [0.717, 1.165) is 29.5 Å². The summed E-state index contributed by atoms with van der Waals surface area (Å²) in [6.07, 6.45) is 2.49. The van der Waals surface area contributed by atoms with Crippen molar-refractivity contribution < 1.29 is 24.9 Å². The lowest BCUT2D eigenvalue weighted by atomic mass is 9.69. The minimum atomic E-state index is -0.924. The first kappa shape index (κ1) is 31.4. The lowest BCUT2D eigenvalue weighted by molar-refractivity contribution is -0.137. The number of carbonyl (C=O) groups is 1. The van der Waals surface area contributed by atoms with Gasteiger partial charge in [-0.2, -0.15) is 0 Å². The lowest BCUT2D eigenvalue weighted by Crippen LogP contribution is -2.26. The third kappa shape index (κ3) is 6.76. The Hall–Kier alpha value is -3.15. The molecule has 0 aliphatic carbocycles. The van der Waals surface area contributed by atoms with E-state index in [-0.39, 0.29) is 24.9 Å². The van der Waals surface area contributed by atoms with Gasteiger partial charge in [0.1, 0.15) is 12.4 Å². The van der Waals surface area contributed by atoms with Gasteiger partial charge in [0.25, 0.3) is 0 Å². The maximum absolute atomic E-state index is 11.1. The van der Waals surface area contributed by atoms with E-state index in [1.165, 1.54) is 22.3 Å². The van der Waals surface area contributed by atoms with Crippen molar-refractivity contribution in [1.82, 2.24) is 0 Å². The molecule has 0 fully saturated rings. The molecule has 0 aromatic heterocycles. The number of aliphatic hydroxyl groups is 2.